The molecule has 1 saturated heterocycles. The molecule has 0 bridgehead atoms. The lowest BCUT2D eigenvalue weighted by molar-refractivity contribution is -0.140. The normalized spacial score (nSPS) is 17.9. The van der Waals surface area contributed by atoms with E-state index in [0.29, 0.717) is 25.1 Å². The average Bonchev–Trinajstić information content (AvgIpc) is 3.17. The van der Waals surface area contributed by atoms with Crippen molar-refractivity contribution in [1.29, 1.82) is 0 Å². The van der Waals surface area contributed by atoms with E-state index in [1.54, 1.807) is 6.07 Å². The molecule has 0 aliphatic carbocycles. The second-order valence-corrected chi connectivity index (χ2v) is 6.26. The number of carbonyl (C=O) groups excluding carboxylic acids is 2. The van der Waals surface area contributed by atoms with Crippen molar-refractivity contribution < 1.29 is 22.8 Å². The largest absolute Gasteiger partial charge is 0.405 e. The van der Waals surface area contributed by atoms with Crippen molar-refractivity contribution >= 4 is 22.7 Å². The smallest absolute Gasteiger partial charge is 0.351 e. The highest BCUT2D eigenvalue weighted by Gasteiger charge is 2.37. The van der Waals surface area contributed by atoms with Gasteiger partial charge in [0.05, 0.1) is 0 Å². The van der Waals surface area contributed by atoms with Crippen molar-refractivity contribution in [3.63, 3.8) is 0 Å². The third kappa shape index (κ3) is 3.78. The van der Waals surface area contributed by atoms with Gasteiger partial charge in [-0.2, -0.15) is 13.2 Å². The molecule has 2 N–H and O–H groups in total. The minimum absolute atomic E-state index is 0.330. The molecule has 2 amide bonds. The quantitative estimate of drug-likeness (QED) is 0.891. The van der Waals surface area contributed by atoms with Gasteiger partial charge in [-0.15, -0.1) is 0 Å². The molecule has 0 spiro atoms. The lowest BCUT2D eigenvalue weighted by Crippen LogP contribution is -2.48. The number of alkyl halides is 3. The predicted octanol–water partition coefficient (Wildman–Crippen LogP) is 2.76. The van der Waals surface area contributed by atoms with Crippen LogP contribution in [0, 0.1) is 6.92 Å². The van der Waals surface area contributed by atoms with Crippen LogP contribution in [0.15, 0.2) is 24.3 Å². The number of aromatic amines is 1. The first-order valence-corrected chi connectivity index (χ1v) is 7.99. The summed E-state index contributed by atoms with van der Waals surface area (Å²) >= 11 is 0. The van der Waals surface area contributed by atoms with Crippen molar-refractivity contribution in [3.8, 4) is 0 Å². The lowest BCUT2D eigenvalue weighted by atomic mass is 10.2. The van der Waals surface area contributed by atoms with E-state index < -0.39 is 24.7 Å². The zero-order chi connectivity index (χ0) is 18.2. The number of aromatic nitrogens is 1. The van der Waals surface area contributed by atoms with Gasteiger partial charge in [0.2, 0.25) is 5.91 Å². The number of nitrogens with zero attached hydrogens (tertiary/aromatic N) is 1. The van der Waals surface area contributed by atoms with Gasteiger partial charge < -0.3 is 15.2 Å². The number of likely N-dealkylation sites (tertiary alicyclic amines) is 1. The van der Waals surface area contributed by atoms with Crippen LogP contribution in [0.1, 0.15) is 28.9 Å². The highest BCUT2D eigenvalue weighted by molar-refractivity contribution is 6.00. The summed E-state index contributed by atoms with van der Waals surface area (Å²) in [5, 5.41) is 2.73. The molecular formula is C17H18F3N3O2. The van der Waals surface area contributed by atoms with E-state index in [9.17, 15) is 22.8 Å². The molecule has 8 heteroatoms. The number of halogens is 3. The molecule has 134 valence electrons. The topological polar surface area (TPSA) is 65.2 Å². The van der Waals surface area contributed by atoms with Gasteiger partial charge in [0.25, 0.3) is 5.91 Å². The fraction of sp³-hybridized carbons (Fsp3) is 0.412. The fourth-order valence-corrected chi connectivity index (χ4v) is 3.10. The standard InChI is InChI=1S/C17H18F3N3O2/c1-10-4-5-11-8-13(22-12(11)7-10)16(25)23-6-2-3-14(23)15(24)21-9-17(18,19)20/h4-5,7-8,14,22H,2-3,6,9H2,1H3,(H,21,24). The number of carbonyl (C=O) groups is 2. The summed E-state index contributed by atoms with van der Waals surface area (Å²) in [6.45, 7) is 0.886. The Balaban J connectivity index is 1.76. The lowest BCUT2D eigenvalue weighted by Gasteiger charge is -2.23. The van der Waals surface area contributed by atoms with Crippen molar-refractivity contribution in [2.45, 2.75) is 32.0 Å². The van der Waals surface area contributed by atoms with Gasteiger partial charge >= 0.3 is 6.18 Å². The monoisotopic (exact) mass is 353 g/mol. The highest BCUT2D eigenvalue weighted by atomic mass is 19.4. The number of benzene rings is 1. The predicted molar refractivity (Wildman–Crippen MR) is 86.2 cm³/mol. The van der Waals surface area contributed by atoms with Crippen LogP contribution in [-0.2, 0) is 4.79 Å². The van der Waals surface area contributed by atoms with Crippen LogP contribution in [0.25, 0.3) is 10.9 Å². The van der Waals surface area contributed by atoms with Gasteiger partial charge in [0.15, 0.2) is 0 Å². The number of amides is 2. The van der Waals surface area contributed by atoms with Gasteiger partial charge in [0, 0.05) is 17.4 Å². The van der Waals surface area contributed by atoms with Crippen LogP contribution in [0.5, 0.6) is 0 Å². The molecule has 25 heavy (non-hydrogen) atoms. The Morgan fingerprint density at radius 3 is 2.80 bits per heavy atom. The van der Waals surface area contributed by atoms with Crippen LogP contribution < -0.4 is 5.32 Å². The summed E-state index contributed by atoms with van der Waals surface area (Å²) in [5.74, 6) is -1.14. The second kappa shape index (κ2) is 6.42. The Kier molecular flexibility index (Phi) is 4.45. The van der Waals surface area contributed by atoms with Crippen LogP contribution in [0.2, 0.25) is 0 Å². The van der Waals surface area contributed by atoms with Crippen molar-refractivity contribution in [2.24, 2.45) is 0 Å². The number of fused-ring (bicyclic) bond motifs is 1. The van der Waals surface area contributed by atoms with Gasteiger partial charge in [-0.05, 0) is 37.5 Å². The highest BCUT2D eigenvalue weighted by Crippen LogP contribution is 2.23. The Morgan fingerprint density at radius 1 is 1.32 bits per heavy atom. The second-order valence-electron chi connectivity index (χ2n) is 6.26. The molecule has 2 aromatic rings. The Labute approximate surface area is 142 Å². The number of H-pyrrole nitrogens is 1. The summed E-state index contributed by atoms with van der Waals surface area (Å²) in [4.78, 5) is 29.1. The number of aryl methyl sites for hydroxylation is 1. The molecule has 1 fully saturated rings. The number of nitrogens with one attached hydrogen (secondary N) is 2. The minimum Gasteiger partial charge on any atom is -0.351 e. The molecule has 2 heterocycles. The van der Waals surface area contributed by atoms with Crippen molar-refractivity contribution in [1.82, 2.24) is 15.2 Å². The molecule has 1 aliphatic heterocycles. The number of hydrogen-bond donors (Lipinski definition) is 2. The first-order chi connectivity index (χ1) is 11.7. The summed E-state index contributed by atoms with van der Waals surface area (Å²) in [5.41, 5.74) is 2.18. The molecule has 1 aromatic carbocycles. The molecule has 1 atom stereocenters. The van der Waals surface area contributed by atoms with Crippen LogP contribution >= 0.6 is 0 Å². The summed E-state index contributed by atoms with van der Waals surface area (Å²) < 4.78 is 36.8. The third-order valence-corrected chi connectivity index (χ3v) is 4.29. The van der Waals surface area contributed by atoms with E-state index in [-0.39, 0.29) is 5.91 Å². The molecule has 0 radical (unpaired) electrons. The zero-order valence-electron chi connectivity index (χ0n) is 13.6. The maximum Gasteiger partial charge on any atom is 0.405 e. The van der Waals surface area contributed by atoms with Crippen molar-refractivity contribution in [3.05, 3.63) is 35.5 Å². The maximum absolute atomic E-state index is 12.7. The van der Waals surface area contributed by atoms with E-state index in [4.69, 9.17) is 0 Å². The van der Waals surface area contributed by atoms with Crippen LogP contribution in [0.4, 0.5) is 13.2 Å². The third-order valence-electron chi connectivity index (χ3n) is 4.29. The van der Waals surface area contributed by atoms with Crippen LogP contribution in [-0.4, -0.2) is 47.0 Å². The SMILES string of the molecule is Cc1ccc2cc(C(=O)N3CCCC3C(=O)NCC(F)(F)F)[nH]c2c1. The number of hydrogen-bond acceptors (Lipinski definition) is 2. The molecule has 1 aromatic heterocycles. The van der Waals surface area contributed by atoms with E-state index >= 15 is 0 Å². The molecule has 1 unspecified atom stereocenters. The zero-order valence-corrected chi connectivity index (χ0v) is 13.6. The van der Waals surface area contributed by atoms with E-state index in [1.807, 2.05) is 30.4 Å². The Morgan fingerprint density at radius 2 is 2.08 bits per heavy atom. The minimum atomic E-state index is -4.47. The van der Waals surface area contributed by atoms with Crippen molar-refractivity contribution in [2.75, 3.05) is 13.1 Å². The summed E-state index contributed by atoms with van der Waals surface area (Å²) in [6.07, 6.45) is -3.54. The fourth-order valence-electron chi connectivity index (χ4n) is 3.10. The average molecular weight is 353 g/mol. The first-order valence-electron chi connectivity index (χ1n) is 7.99. The molecule has 1 aliphatic rings. The van der Waals surface area contributed by atoms with E-state index in [0.717, 1.165) is 16.5 Å². The summed E-state index contributed by atoms with van der Waals surface area (Å²) in [6, 6.07) is 6.54. The van der Waals surface area contributed by atoms with E-state index in [1.165, 1.54) is 4.90 Å². The summed E-state index contributed by atoms with van der Waals surface area (Å²) in [7, 11) is 0. The van der Waals surface area contributed by atoms with Crippen LogP contribution in [0.3, 0.4) is 0 Å². The Hall–Kier alpha value is -2.51. The Bertz CT molecular complexity index is 813. The maximum atomic E-state index is 12.7. The molecule has 3 rings (SSSR count). The molecule has 0 saturated carbocycles. The molecular weight excluding hydrogens is 335 g/mol. The van der Waals surface area contributed by atoms with E-state index in [2.05, 4.69) is 4.98 Å². The van der Waals surface area contributed by atoms with Gasteiger partial charge in [-0.1, -0.05) is 12.1 Å². The first kappa shape index (κ1) is 17.3. The van der Waals surface area contributed by atoms with Gasteiger partial charge in [-0.25, -0.2) is 0 Å². The van der Waals surface area contributed by atoms with Gasteiger partial charge in [-0.3, -0.25) is 9.59 Å². The molecule has 5 nitrogen and oxygen atoms in total. The number of rotatable bonds is 3. The van der Waals surface area contributed by atoms with Gasteiger partial charge in [0.1, 0.15) is 18.3 Å².